The number of nitrogens with one attached hydrogen (secondary N) is 1. The Labute approximate surface area is 191 Å². The van der Waals surface area contributed by atoms with Crippen molar-refractivity contribution in [3.8, 4) is 11.4 Å². The van der Waals surface area contributed by atoms with Gasteiger partial charge < -0.3 is 10.1 Å². The number of aryl methyl sites for hydroxylation is 3. The van der Waals surface area contributed by atoms with E-state index in [1.807, 2.05) is 68.4 Å². The van der Waals surface area contributed by atoms with Crippen LogP contribution in [0, 0.1) is 6.92 Å². The number of methoxy groups -OCH3 is 1. The Kier molecular flexibility index (Phi) is 6.53. The van der Waals surface area contributed by atoms with Crippen molar-refractivity contribution in [1.82, 2.24) is 24.6 Å². The highest BCUT2D eigenvalue weighted by Crippen LogP contribution is 2.20. The normalized spacial score (nSPS) is 11.0. The number of rotatable bonds is 8. The zero-order valence-electron chi connectivity index (χ0n) is 19.0. The average molecular weight is 446 g/mol. The van der Waals surface area contributed by atoms with Crippen LogP contribution in [-0.4, -0.2) is 32.3 Å². The summed E-state index contributed by atoms with van der Waals surface area (Å²) in [7, 11) is 1.60. The molecule has 8 heteroatoms. The van der Waals surface area contributed by atoms with Crippen molar-refractivity contribution in [3.05, 3.63) is 81.9 Å². The predicted octanol–water partition coefficient (Wildman–Crippen LogP) is 3.17. The Morgan fingerprint density at radius 1 is 1.09 bits per heavy atom. The molecule has 0 atom stereocenters. The lowest BCUT2D eigenvalue weighted by molar-refractivity contribution is -0.121. The van der Waals surface area contributed by atoms with Crippen LogP contribution < -0.4 is 15.6 Å². The first-order valence-corrected chi connectivity index (χ1v) is 11.0. The summed E-state index contributed by atoms with van der Waals surface area (Å²) in [4.78, 5) is 30.3. The van der Waals surface area contributed by atoms with Crippen LogP contribution in [0.25, 0.3) is 16.9 Å². The molecular weight excluding hydrogens is 418 g/mol. The molecule has 0 saturated heterocycles. The zero-order valence-corrected chi connectivity index (χ0v) is 19.0. The molecule has 0 aliphatic carbocycles. The molecule has 170 valence electrons. The molecule has 2 aromatic carbocycles. The smallest absolute Gasteiger partial charge is 0.273 e. The van der Waals surface area contributed by atoms with Crippen molar-refractivity contribution < 1.29 is 9.53 Å². The van der Waals surface area contributed by atoms with Crippen molar-refractivity contribution in [2.24, 2.45) is 0 Å². The van der Waals surface area contributed by atoms with E-state index in [9.17, 15) is 9.59 Å². The predicted molar refractivity (Wildman–Crippen MR) is 127 cm³/mol. The number of ether oxygens (including phenoxy) is 1. The topological polar surface area (TPSA) is 91.0 Å². The molecule has 0 spiro atoms. The van der Waals surface area contributed by atoms with Gasteiger partial charge in [0.05, 0.1) is 18.5 Å². The number of benzene rings is 2. The Morgan fingerprint density at radius 3 is 2.55 bits per heavy atom. The summed E-state index contributed by atoms with van der Waals surface area (Å²) in [5.41, 5.74) is 4.00. The highest BCUT2D eigenvalue weighted by Gasteiger charge is 2.19. The van der Waals surface area contributed by atoms with Crippen LogP contribution in [0.1, 0.15) is 30.3 Å². The number of carbonyl (C=O) groups is 1. The van der Waals surface area contributed by atoms with E-state index in [2.05, 4.69) is 15.4 Å². The van der Waals surface area contributed by atoms with Gasteiger partial charge in [-0.3, -0.25) is 14.2 Å². The summed E-state index contributed by atoms with van der Waals surface area (Å²) in [6.45, 7) is 4.63. The molecule has 0 fully saturated rings. The van der Waals surface area contributed by atoms with E-state index < -0.39 is 0 Å². The molecule has 1 amide bonds. The number of carbonyl (C=O) groups excluding carboxylic acids is 1. The van der Waals surface area contributed by atoms with E-state index in [-0.39, 0.29) is 24.3 Å². The van der Waals surface area contributed by atoms with Gasteiger partial charge in [0, 0.05) is 31.5 Å². The van der Waals surface area contributed by atoms with Crippen LogP contribution in [0.5, 0.6) is 5.75 Å². The summed E-state index contributed by atoms with van der Waals surface area (Å²) in [6.07, 6.45) is 0.418. The third-order valence-electron chi connectivity index (χ3n) is 5.57. The highest BCUT2D eigenvalue weighted by molar-refractivity contribution is 5.77. The molecule has 0 unspecified atom stereocenters. The Hall–Kier alpha value is -3.94. The summed E-state index contributed by atoms with van der Waals surface area (Å²) in [6, 6.07) is 17.2. The van der Waals surface area contributed by atoms with Crippen LogP contribution in [0.2, 0.25) is 0 Å². The molecule has 0 aliphatic heterocycles. The molecule has 0 aliphatic rings. The first-order valence-electron chi connectivity index (χ1n) is 11.0. The van der Waals surface area contributed by atoms with E-state index in [0.717, 1.165) is 22.7 Å². The van der Waals surface area contributed by atoms with Gasteiger partial charge in [-0.05, 0) is 32.0 Å². The van der Waals surface area contributed by atoms with E-state index in [0.29, 0.717) is 29.9 Å². The summed E-state index contributed by atoms with van der Waals surface area (Å²) in [5, 5.41) is 7.52. The molecule has 33 heavy (non-hydrogen) atoms. The van der Waals surface area contributed by atoms with Gasteiger partial charge in [-0.2, -0.15) is 5.10 Å². The second kappa shape index (κ2) is 9.68. The SMILES string of the molecule is CCn1c(=O)c(CCC(=O)NCc2ccccc2OC)nc2c(C)nn(-c3ccccc3)c21. The van der Waals surface area contributed by atoms with E-state index >= 15 is 0 Å². The van der Waals surface area contributed by atoms with Crippen molar-refractivity contribution in [2.45, 2.75) is 39.8 Å². The second-order valence-corrected chi connectivity index (χ2v) is 7.70. The van der Waals surface area contributed by atoms with Gasteiger partial charge in [-0.1, -0.05) is 36.4 Å². The molecule has 0 radical (unpaired) electrons. The van der Waals surface area contributed by atoms with Crippen molar-refractivity contribution in [3.63, 3.8) is 0 Å². The number of aromatic nitrogens is 4. The highest BCUT2D eigenvalue weighted by atomic mass is 16.5. The molecule has 8 nitrogen and oxygen atoms in total. The number of hydrogen-bond acceptors (Lipinski definition) is 5. The van der Waals surface area contributed by atoms with Gasteiger partial charge >= 0.3 is 0 Å². The maximum Gasteiger partial charge on any atom is 0.273 e. The lowest BCUT2D eigenvalue weighted by Crippen LogP contribution is -2.28. The molecular formula is C25H27N5O3. The number of amides is 1. The standard InChI is InChI=1S/C25H27N5O3/c1-4-29-24-23(17(2)28-30(24)19-11-6-5-7-12-19)27-20(25(29)32)14-15-22(31)26-16-18-10-8-9-13-21(18)33-3/h5-13H,4,14-16H2,1-3H3,(H,26,31). The van der Waals surface area contributed by atoms with Gasteiger partial charge in [-0.25, -0.2) is 9.67 Å². The fourth-order valence-electron chi connectivity index (χ4n) is 3.88. The minimum atomic E-state index is -0.195. The molecule has 2 aromatic heterocycles. The van der Waals surface area contributed by atoms with Crippen molar-refractivity contribution >= 4 is 17.1 Å². The fraction of sp³-hybridized carbons (Fsp3) is 0.280. The monoisotopic (exact) mass is 445 g/mol. The third-order valence-corrected chi connectivity index (χ3v) is 5.57. The van der Waals surface area contributed by atoms with Gasteiger partial charge in [0.2, 0.25) is 5.91 Å². The zero-order chi connectivity index (χ0) is 23.4. The van der Waals surface area contributed by atoms with E-state index in [1.165, 1.54) is 0 Å². The number of nitrogens with zero attached hydrogens (tertiary/aromatic N) is 4. The maximum absolute atomic E-state index is 13.2. The Balaban J connectivity index is 1.56. The summed E-state index contributed by atoms with van der Waals surface area (Å²) >= 11 is 0. The minimum Gasteiger partial charge on any atom is -0.496 e. The lowest BCUT2D eigenvalue weighted by Gasteiger charge is -2.11. The molecule has 2 heterocycles. The number of hydrogen-bond donors (Lipinski definition) is 1. The van der Waals surface area contributed by atoms with Crippen LogP contribution in [0.4, 0.5) is 0 Å². The van der Waals surface area contributed by atoms with Crippen molar-refractivity contribution in [2.75, 3.05) is 7.11 Å². The van der Waals surface area contributed by atoms with Crippen LogP contribution in [0.3, 0.4) is 0 Å². The van der Waals surface area contributed by atoms with Gasteiger partial charge in [-0.15, -0.1) is 0 Å². The van der Waals surface area contributed by atoms with Crippen LogP contribution >= 0.6 is 0 Å². The van der Waals surface area contributed by atoms with Gasteiger partial charge in [0.15, 0.2) is 5.65 Å². The number of para-hydroxylation sites is 2. The third kappa shape index (κ3) is 4.50. The molecule has 0 saturated carbocycles. The van der Waals surface area contributed by atoms with Crippen LogP contribution in [0.15, 0.2) is 59.4 Å². The number of fused-ring (bicyclic) bond motifs is 1. The lowest BCUT2D eigenvalue weighted by atomic mass is 10.2. The molecule has 4 rings (SSSR count). The second-order valence-electron chi connectivity index (χ2n) is 7.70. The molecule has 4 aromatic rings. The van der Waals surface area contributed by atoms with Gasteiger partial charge in [0.1, 0.15) is 17.0 Å². The minimum absolute atomic E-state index is 0.151. The van der Waals surface area contributed by atoms with Crippen molar-refractivity contribution in [1.29, 1.82) is 0 Å². The average Bonchev–Trinajstić information content (AvgIpc) is 3.18. The van der Waals surface area contributed by atoms with Gasteiger partial charge in [0.25, 0.3) is 5.56 Å². The molecule has 1 N–H and O–H groups in total. The first-order chi connectivity index (χ1) is 16.0. The maximum atomic E-state index is 13.2. The summed E-state index contributed by atoms with van der Waals surface area (Å²) in [5.74, 6) is 0.573. The Bertz CT molecular complexity index is 1340. The molecule has 0 bridgehead atoms. The first kappa shape index (κ1) is 22.3. The largest absolute Gasteiger partial charge is 0.496 e. The van der Waals surface area contributed by atoms with E-state index in [4.69, 9.17) is 4.74 Å². The summed E-state index contributed by atoms with van der Waals surface area (Å²) < 4.78 is 8.76. The Morgan fingerprint density at radius 2 is 1.82 bits per heavy atom. The quantitative estimate of drug-likeness (QED) is 0.450. The fourth-order valence-corrected chi connectivity index (χ4v) is 3.88. The van der Waals surface area contributed by atoms with E-state index in [1.54, 1.807) is 16.4 Å². The van der Waals surface area contributed by atoms with Crippen LogP contribution in [-0.2, 0) is 24.3 Å².